The van der Waals surface area contributed by atoms with Gasteiger partial charge in [-0.15, -0.1) is 0 Å². The Bertz CT molecular complexity index is 533. The molecule has 18 heavy (non-hydrogen) atoms. The number of sulfonamides is 1. The second-order valence-electron chi connectivity index (χ2n) is 3.86. The summed E-state index contributed by atoms with van der Waals surface area (Å²) in [4.78, 5) is 9.92. The van der Waals surface area contributed by atoms with Gasteiger partial charge < -0.3 is 4.74 Å². The van der Waals surface area contributed by atoms with E-state index in [2.05, 4.69) is 4.72 Å². The zero-order valence-electron chi connectivity index (χ0n) is 9.37. The fourth-order valence-electron chi connectivity index (χ4n) is 1.65. The molecular weight excluding hydrogens is 280 g/mol. The molecule has 1 aromatic heterocycles. The molecule has 7 nitrogen and oxygen atoms in total. The molecule has 0 radical (unpaired) electrons. The van der Waals surface area contributed by atoms with Crippen LogP contribution in [0.15, 0.2) is 16.3 Å². The van der Waals surface area contributed by atoms with Gasteiger partial charge in [-0.3, -0.25) is 10.1 Å². The molecule has 1 aliphatic rings. The van der Waals surface area contributed by atoms with Gasteiger partial charge in [-0.1, -0.05) is 0 Å². The maximum absolute atomic E-state index is 12.0. The third kappa shape index (κ3) is 3.05. The lowest BCUT2D eigenvalue weighted by Crippen LogP contribution is -2.38. The molecule has 0 atom stereocenters. The number of nitrogens with one attached hydrogen (secondary N) is 1. The number of nitro groups is 1. The van der Waals surface area contributed by atoms with Crippen LogP contribution in [-0.4, -0.2) is 32.6 Å². The standard InChI is InChI=1S/C9H12N2O5S2/c12-11(13)8-1-2-9(17-8)18(14,15)10-7-3-5-16-6-4-7/h1-2,7,10H,3-6H2. The van der Waals surface area contributed by atoms with Crippen LogP contribution in [0.2, 0.25) is 0 Å². The van der Waals surface area contributed by atoms with E-state index in [0.717, 1.165) is 0 Å². The highest BCUT2D eigenvalue weighted by atomic mass is 32.2. The molecule has 0 saturated carbocycles. The molecule has 2 rings (SSSR count). The Kier molecular flexibility index (Phi) is 3.95. The molecule has 1 aromatic rings. The van der Waals surface area contributed by atoms with Crippen molar-refractivity contribution in [2.75, 3.05) is 13.2 Å². The summed E-state index contributed by atoms with van der Waals surface area (Å²) in [6.45, 7) is 1.05. The van der Waals surface area contributed by atoms with Crippen LogP contribution in [0.5, 0.6) is 0 Å². The first-order chi connectivity index (χ1) is 8.49. The average molecular weight is 292 g/mol. The van der Waals surface area contributed by atoms with Crippen molar-refractivity contribution < 1.29 is 18.1 Å². The van der Waals surface area contributed by atoms with E-state index in [9.17, 15) is 18.5 Å². The Morgan fingerprint density at radius 1 is 1.39 bits per heavy atom. The Morgan fingerprint density at radius 2 is 2.06 bits per heavy atom. The Morgan fingerprint density at radius 3 is 2.61 bits per heavy atom. The quantitative estimate of drug-likeness (QED) is 0.662. The Balaban J connectivity index is 2.11. The Labute approximate surface area is 108 Å². The van der Waals surface area contributed by atoms with Gasteiger partial charge in [0.15, 0.2) is 0 Å². The van der Waals surface area contributed by atoms with Crippen LogP contribution in [0, 0.1) is 10.1 Å². The summed E-state index contributed by atoms with van der Waals surface area (Å²) in [6.07, 6.45) is 1.24. The van der Waals surface area contributed by atoms with E-state index in [1.165, 1.54) is 12.1 Å². The summed E-state index contributed by atoms with van der Waals surface area (Å²) in [7, 11) is -3.66. The molecular formula is C9H12N2O5S2. The normalized spacial score (nSPS) is 17.8. The Hall–Kier alpha value is -1.03. The number of rotatable bonds is 4. The predicted molar refractivity (Wildman–Crippen MR) is 65.1 cm³/mol. The van der Waals surface area contributed by atoms with Crippen molar-refractivity contribution in [3.8, 4) is 0 Å². The van der Waals surface area contributed by atoms with E-state index < -0.39 is 14.9 Å². The second kappa shape index (κ2) is 5.31. The minimum atomic E-state index is -3.66. The number of hydrogen-bond donors (Lipinski definition) is 1. The molecule has 100 valence electrons. The number of nitrogens with zero attached hydrogens (tertiary/aromatic N) is 1. The summed E-state index contributed by atoms with van der Waals surface area (Å²) >= 11 is 0.656. The highest BCUT2D eigenvalue weighted by Crippen LogP contribution is 2.28. The molecule has 1 saturated heterocycles. The van der Waals surface area contributed by atoms with Crippen molar-refractivity contribution in [2.45, 2.75) is 23.1 Å². The van der Waals surface area contributed by atoms with Crippen molar-refractivity contribution in [3.63, 3.8) is 0 Å². The van der Waals surface area contributed by atoms with Crippen LogP contribution in [0.3, 0.4) is 0 Å². The van der Waals surface area contributed by atoms with E-state index in [0.29, 0.717) is 37.4 Å². The number of hydrogen-bond acceptors (Lipinski definition) is 6. The summed E-state index contributed by atoms with van der Waals surface area (Å²) in [5, 5.41) is 10.3. The molecule has 0 aliphatic carbocycles. The van der Waals surface area contributed by atoms with Crippen LogP contribution in [0.4, 0.5) is 5.00 Å². The summed E-state index contributed by atoms with van der Waals surface area (Å²) < 4.78 is 31.6. The van der Waals surface area contributed by atoms with Gasteiger partial charge in [-0.25, -0.2) is 13.1 Å². The first-order valence-corrected chi connectivity index (χ1v) is 7.63. The van der Waals surface area contributed by atoms with Gasteiger partial charge in [-0.2, -0.15) is 0 Å². The second-order valence-corrected chi connectivity index (χ2v) is 6.86. The van der Waals surface area contributed by atoms with Gasteiger partial charge in [0.1, 0.15) is 4.21 Å². The summed E-state index contributed by atoms with van der Waals surface area (Å²) in [5.41, 5.74) is 0. The highest BCUT2D eigenvalue weighted by Gasteiger charge is 2.25. The molecule has 0 unspecified atom stereocenters. The summed E-state index contributed by atoms with van der Waals surface area (Å²) in [6, 6.07) is 2.29. The van der Waals surface area contributed by atoms with Crippen LogP contribution < -0.4 is 4.72 Å². The van der Waals surface area contributed by atoms with Crippen molar-refractivity contribution in [1.82, 2.24) is 4.72 Å². The minimum absolute atomic E-state index is 0.0271. The molecule has 2 heterocycles. The average Bonchev–Trinajstić information content (AvgIpc) is 2.79. The van der Waals surface area contributed by atoms with E-state index >= 15 is 0 Å². The lowest BCUT2D eigenvalue weighted by molar-refractivity contribution is -0.380. The minimum Gasteiger partial charge on any atom is -0.381 e. The van der Waals surface area contributed by atoms with Gasteiger partial charge in [0.05, 0.1) is 4.92 Å². The third-order valence-electron chi connectivity index (χ3n) is 2.56. The maximum Gasteiger partial charge on any atom is 0.325 e. The number of ether oxygens (including phenoxy) is 1. The smallest absolute Gasteiger partial charge is 0.325 e. The first-order valence-electron chi connectivity index (χ1n) is 5.33. The molecule has 1 N–H and O–H groups in total. The van der Waals surface area contributed by atoms with E-state index in [1.807, 2.05) is 0 Å². The van der Waals surface area contributed by atoms with Crippen molar-refractivity contribution in [3.05, 3.63) is 22.2 Å². The lowest BCUT2D eigenvalue weighted by Gasteiger charge is -2.22. The van der Waals surface area contributed by atoms with E-state index in [1.54, 1.807) is 0 Å². The third-order valence-corrected chi connectivity index (χ3v) is 5.60. The number of thiophene rings is 1. The predicted octanol–water partition coefficient (Wildman–Crippen LogP) is 1.11. The van der Waals surface area contributed by atoms with E-state index in [-0.39, 0.29) is 15.3 Å². The highest BCUT2D eigenvalue weighted by molar-refractivity contribution is 7.91. The summed E-state index contributed by atoms with van der Waals surface area (Å²) in [5.74, 6) is 0. The SMILES string of the molecule is O=[N+]([O-])c1ccc(S(=O)(=O)NC2CCOCC2)s1. The molecule has 0 amide bonds. The van der Waals surface area contributed by atoms with Crippen LogP contribution in [-0.2, 0) is 14.8 Å². The fraction of sp³-hybridized carbons (Fsp3) is 0.556. The first kappa shape index (κ1) is 13.4. The van der Waals surface area contributed by atoms with Crippen molar-refractivity contribution in [1.29, 1.82) is 0 Å². The van der Waals surface area contributed by atoms with Crippen molar-refractivity contribution in [2.24, 2.45) is 0 Å². The van der Waals surface area contributed by atoms with Crippen molar-refractivity contribution >= 4 is 26.4 Å². The van der Waals surface area contributed by atoms with Gasteiger partial charge in [-0.05, 0) is 30.2 Å². The lowest BCUT2D eigenvalue weighted by atomic mass is 10.1. The fourth-order valence-corrected chi connectivity index (χ4v) is 4.08. The molecule has 0 spiro atoms. The maximum atomic E-state index is 12.0. The monoisotopic (exact) mass is 292 g/mol. The van der Waals surface area contributed by atoms with Crippen LogP contribution in [0.25, 0.3) is 0 Å². The molecule has 1 aliphatic heterocycles. The molecule has 1 fully saturated rings. The molecule has 9 heteroatoms. The largest absolute Gasteiger partial charge is 0.381 e. The zero-order valence-corrected chi connectivity index (χ0v) is 11.0. The zero-order chi connectivity index (χ0) is 13.2. The van der Waals surface area contributed by atoms with Gasteiger partial charge in [0.25, 0.3) is 10.0 Å². The van der Waals surface area contributed by atoms with Gasteiger partial charge in [0, 0.05) is 25.3 Å². The molecule has 0 aromatic carbocycles. The van der Waals surface area contributed by atoms with Crippen LogP contribution in [0.1, 0.15) is 12.8 Å². The topological polar surface area (TPSA) is 98.5 Å². The van der Waals surface area contributed by atoms with Gasteiger partial charge in [0.2, 0.25) is 0 Å². The molecule has 0 bridgehead atoms. The van der Waals surface area contributed by atoms with Gasteiger partial charge >= 0.3 is 5.00 Å². The van der Waals surface area contributed by atoms with Crippen LogP contribution >= 0.6 is 11.3 Å². The van der Waals surface area contributed by atoms with E-state index in [4.69, 9.17) is 4.74 Å².